The molecule has 3 aromatic carbocycles. The minimum absolute atomic E-state index is 0.00731. The third kappa shape index (κ3) is 8.37. The fourth-order valence-electron chi connectivity index (χ4n) is 5.51. The summed E-state index contributed by atoms with van der Waals surface area (Å²) in [5, 5.41) is 3.87. The van der Waals surface area contributed by atoms with Crippen molar-refractivity contribution in [2.45, 2.75) is 84.0 Å². The van der Waals surface area contributed by atoms with Crippen LogP contribution in [0.3, 0.4) is 0 Å². The molecule has 0 aliphatic heterocycles. The van der Waals surface area contributed by atoms with Gasteiger partial charge in [0.05, 0.1) is 24.9 Å². The Kier molecular flexibility index (Phi) is 11.5. The lowest BCUT2D eigenvalue weighted by Crippen LogP contribution is -2.58. The average molecular weight is 541 g/mol. The van der Waals surface area contributed by atoms with Crippen LogP contribution in [-0.4, -0.2) is 41.8 Å². The number of nitrogens with one attached hydrogen (secondary N) is 1. The molecule has 5 heteroatoms. The lowest BCUT2D eigenvalue weighted by molar-refractivity contribution is -0.139. The largest absolute Gasteiger partial charge is 0.463 e. The first-order chi connectivity index (χ1) is 19.6. The van der Waals surface area contributed by atoms with Crippen molar-refractivity contribution in [3.05, 3.63) is 119 Å². The fourth-order valence-corrected chi connectivity index (χ4v) is 5.51. The predicted octanol–water partition coefficient (Wildman–Crippen LogP) is 6.68. The molecule has 4 rings (SSSR count). The smallest absolute Gasteiger partial charge is 0.333 e. The Balaban J connectivity index is 1.74. The van der Waals surface area contributed by atoms with E-state index in [1.54, 1.807) is 0 Å². The molecule has 3 atom stereocenters. The van der Waals surface area contributed by atoms with Gasteiger partial charge in [0.15, 0.2) is 0 Å². The van der Waals surface area contributed by atoms with E-state index in [4.69, 9.17) is 9.47 Å². The number of nitrogens with zero attached hydrogens (tertiary/aromatic N) is 1. The molecule has 0 radical (unpaired) electrons. The number of rotatable bonds is 14. The van der Waals surface area contributed by atoms with E-state index in [1.165, 1.54) is 16.7 Å². The van der Waals surface area contributed by atoms with E-state index in [2.05, 4.69) is 109 Å². The number of ether oxygens (including phenoxy) is 2. The number of benzene rings is 3. The molecule has 1 aliphatic rings. The van der Waals surface area contributed by atoms with E-state index in [-0.39, 0.29) is 30.3 Å². The monoisotopic (exact) mass is 540 g/mol. The zero-order valence-electron chi connectivity index (χ0n) is 24.2. The maximum atomic E-state index is 13.2. The van der Waals surface area contributed by atoms with Crippen molar-refractivity contribution in [2.24, 2.45) is 0 Å². The Bertz CT molecular complexity index is 1140. The summed E-state index contributed by atoms with van der Waals surface area (Å²) in [5.74, 6) is -0.244. The van der Waals surface area contributed by atoms with Gasteiger partial charge in [-0.1, -0.05) is 105 Å². The first-order valence-electron chi connectivity index (χ1n) is 14.7. The van der Waals surface area contributed by atoms with Gasteiger partial charge in [-0.3, -0.25) is 4.90 Å². The molecule has 5 nitrogen and oxygen atoms in total. The minimum atomic E-state index is -0.263. The summed E-state index contributed by atoms with van der Waals surface area (Å²) in [7, 11) is 0. The number of carbonyl (C=O) groups excluding carboxylic acids is 1. The molecule has 0 amide bonds. The second-order valence-corrected chi connectivity index (χ2v) is 10.5. The summed E-state index contributed by atoms with van der Waals surface area (Å²) >= 11 is 0. The van der Waals surface area contributed by atoms with Crippen LogP contribution in [0.5, 0.6) is 0 Å². The third-order valence-corrected chi connectivity index (χ3v) is 7.67. The second-order valence-electron chi connectivity index (χ2n) is 10.5. The van der Waals surface area contributed by atoms with Gasteiger partial charge >= 0.3 is 5.97 Å². The SMILES string of the molecule is CCOC(=O)C1=C[C@@H](OC(CC)CC)[C@H](NCc2ccccc2)[C@@H](N(Cc2ccccc2)Cc2ccccc2)C1. The molecule has 0 fully saturated rings. The molecule has 0 aromatic heterocycles. The zero-order valence-corrected chi connectivity index (χ0v) is 24.2. The van der Waals surface area contributed by atoms with Crippen LogP contribution in [0.25, 0.3) is 0 Å². The summed E-state index contributed by atoms with van der Waals surface area (Å²) in [4.78, 5) is 15.7. The Labute approximate surface area is 240 Å². The molecule has 1 N–H and O–H groups in total. The molecular weight excluding hydrogens is 496 g/mol. The molecule has 0 saturated carbocycles. The lowest BCUT2D eigenvalue weighted by Gasteiger charge is -2.44. The van der Waals surface area contributed by atoms with Crippen molar-refractivity contribution in [3.63, 3.8) is 0 Å². The maximum absolute atomic E-state index is 13.2. The van der Waals surface area contributed by atoms with Gasteiger partial charge in [0.25, 0.3) is 0 Å². The average Bonchev–Trinajstić information content (AvgIpc) is 3.00. The van der Waals surface area contributed by atoms with E-state index in [9.17, 15) is 4.79 Å². The van der Waals surface area contributed by atoms with Crippen LogP contribution in [0.4, 0.5) is 0 Å². The van der Waals surface area contributed by atoms with Crippen molar-refractivity contribution in [2.75, 3.05) is 6.61 Å². The van der Waals surface area contributed by atoms with Crippen molar-refractivity contribution in [1.82, 2.24) is 10.2 Å². The van der Waals surface area contributed by atoms with E-state index >= 15 is 0 Å². The summed E-state index contributed by atoms with van der Waals surface area (Å²) < 4.78 is 12.3. The first kappa shape index (κ1) is 29.7. The first-order valence-corrected chi connectivity index (χ1v) is 14.7. The van der Waals surface area contributed by atoms with Crippen LogP contribution in [-0.2, 0) is 33.9 Å². The van der Waals surface area contributed by atoms with Gasteiger partial charge in [0.2, 0.25) is 0 Å². The normalized spacial score (nSPS) is 19.0. The summed E-state index contributed by atoms with van der Waals surface area (Å²) in [6.07, 6.45) is 4.31. The van der Waals surface area contributed by atoms with E-state index < -0.39 is 0 Å². The fraction of sp³-hybridized carbons (Fsp3) is 0.400. The predicted molar refractivity (Wildman–Crippen MR) is 162 cm³/mol. The molecule has 1 aliphatic carbocycles. The van der Waals surface area contributed by atoms with E-state index in [1.807, 2.05) is 19.1 Å². The van der Waals surface area contributed by atoms with Gasteiger partial charge in [-0.15, -0.1) is 0 Å². The highest BCUT2D eigenvalue weighted by Crippen LogP contribution is 2.31. The van der Waals surface area contributed by atoms with Crippen LogP contribution in [0.2, 0.25) is 0 Å². The molecule has 3 aromatic rings. The van der Waals surface area contributed by atoms with Crippen LogP contribution >= 0.6 is 0 Å². The van der Waals surface area contributed by atoms with Gasteiger partial charge in [-0.25, -0.2) is 4.79 Å². The molecule has 212 valence electrons. The molecule has 0 saturated heterocycles. The Morgan fingerprint density at radius 1 is 0.825 bits per heavy atom. The topological polar surface area (TPSA) is 50.8 Å². The summed E-state index contributed by atoms with van der Waals surface area (Å²) in [5.41, 5.74) is 4.40. The molecule has 0 unspecified atom stereocenters. The van der Waals surface area contributed by atoms with Crippen LogP contribution in [0, 0.1) is 0 Å². The molecule has 0 heterocycles. The van der Waals surface area contributed by atoms with Crippen LogP contribution in [0.1, 0.15) is 56.7 Å². The minimum Gasteiger partial charge on any atom is -0.463 e. The standard InChI is InChI=1S/C35H44N2O3/c1-4-31(5-2)40-33-23-30(35(38)39-6-3)22-32(34(33)36-24-27-16-10-7-11-17-27)37(25-28-18-12-8-13-19-28)26-29-20-14-9-15-21-29/h7-21,23,31-34,36H,4-6,22,24-26H2,1-3H3/t32-,33+,34+/m0/s1. The Morgan fingerprint density at radius 3 is 1.85 bits per heavy atom. The van der Waals surface area contributed by atoms with Gasteiger partial charge in [0.1, 0.15) is 0 Å². The number of carbonyl (C=O) groups is 1. The van der Waals surface area contributed by atoms with Gasteiger partial charge in [0, 0.05) is 31.2 Å². The van der Waals surface area contributed by atoms with Crippen molar-refractivity contribution in [3.8, 4) is 0 Å². The van der Waals surface area contributed by atoms with E-state index in [0.717, 1.165) is 32.5 Å². The summed E-state index contributed by atoms with van der Waals surface area (Å²) in [6, 6.07) is 31.6. The Morgan fingerprint density at radius 2 is 1.35 bits per heavy atom. The maximum Gasteiger partial charge on any atom is 0.333 e. The van der Waals surface area contributed by atoms with Gasteiger partial charge < -0.3 is 14.8 Å². The lowest BCUT2D eigenvalue weighted by atomic mass is 9.85. The highest BCUT2D eigenvalue weighted by molar-refractivity contribution is 5.89. The van der Waals surface area contributed by atoms with Crippen molar-refractivity contribution < 1.29 is 14.3 Å². The zero-order chi connectivity index (χ0) is 28.2. The third-order valence-electron chi connectivity index (χ3n) is 7.67. The number of hydrogen-bond donors (Lipinski definition) is 1. The van der Waals surface area contributed by atoms with Gasteiger partial charge in [-0.05, 0) is 49.0 Å². The molecular formula is C35H44N2O3. The molecule has 0 spiro atoms. The van der Waals surface area contributed by atoms with Crippen molar-refractivity contribution >= 4 is 5.97 Å². The quantitative estimate of drug-likeness (QED) is 0.231. The second kappa shape index (κ2) is 15.5. The van der Waals surface area contributed by atoms with Gasteiger partial charge in [-0.2, -0.15) is 0 Å². The highest BCUT2D eigenvalue weighted by atomic mass is 16.5. The highest BCUT2D eigenvalue weighted by Gasteiger charge is 2.40. The molecule has 0 bridgehead atoms. The van der Waals surface area contributed by atoms with Crippen molar-refractivity contribution in [1.29, 1.82) is 0 Å². The number of esters is 1. The Hall–Kier alpha value is -3.25. The summed E-state index contributed by atoms with van der Waals surface area (Å²) in [6.45, 7) is 8.78. The van der Waals surface area contributed by atoms with E-state index in [0.29, 0.717) is 18.6 Å². The van der Waals surface area contributed by atoms with Crippen LogP contribution in [0.15, 0.2) is 103 Å². The molecule has 40 heavy (non-hydrogen) atoms. The van der Waals surface area contributed by atoms with Crippen LogP contribution < -0.4 is 5.32 Å². The number of hydrogen-bond acceptors (Lipinski definition) is 5.